The number of ether oxygens (including phenoxy) is 1. The average molecular weight is 367 g/mol. The first-order valence-electron chi connectivity index (χ1n) is 9.26. The third kappa shape index (κ3) is 5.23. The fourth-order valence-electron chi connectivity index (χ4n) is 3.10. The summed E-state index contributed by atoms with van der Waals surface area (Å²) in [6, 6.07) is 17.5. The summed E-state index contributed by atoms with van der Waals surface area (Å²) in [5, 5.41) is 2.93. The van der Waals surface area contributed by atoms with Crippen LogP contribution in [-0.2, 0) is 16.0 Å². The number of rotatable bonds is 5. The van der Waals surface area contributed by atoms with Gasteiger partial charge in [0.1, 0.15) is 0 Å². The molecule has 0 saturated carbocycles. The summed E-state index contributed by atoms with van der Waals surface area (Å²) >= 11 is 0. The first-order valence-corrected chi connectivity index (χ1v) is 9.26. The quantitative estimate of drug-likeness (QED) is 0.882. The highest BCUT2D eigenvalue weighted by molar-refractivity contribution is 5.92. The monoisotopic (exact) mass is 367 g/mol. The highest BCUT2D eigenvalue weighted by atomic mass is 16.6. The second kappa shape index (κ2) is 9.07. The van der Waals surface area contributed by atoms with Crippen LogP contribution in [0.2, 0.25) is 0 Å². The summed E-state index contributed by atoms with van der Waals surface area (Å²) in [6.45, 7) is 5.03. The van der Waals surface area contributed by atoms with Crippen molar-refractivity contribution in [2.24, 2.45) is 0 Å². The predicted molar refractivity (Wildman–Crippen MR) is 106 cm³/mol. The lowest BCUT2D eigenvalue weighted by Gasteiger charge is -2.35. The Hall–Kier alpha value is -3.02. The molecule has 2 aromatic carbocycles. The zero-order valence-electron chi connectivity index (χ0n) is 15.6. The molecule has 6 heteroatoms. The van der Waals surface area contributed by atoms with Crippen molar-refractivity contribution in [3.8, 4) is 0 Å². The van der Waals surface area contributed by atoms with E-state index in [2.05, 4.69) is 10.2 Å². The molecule has 1 saturated heterocycles. The van der Waals surface area contributed by atoms with Gasteiger partial charge in [0.2, 0.25) is 5.91 Å². The number of amides is 2. The first-order chi connectivity index (χ1) is 13.2. The van der Waals surface area contributed by atoms with Crippen LogP contribution < -0.4 is 10.2 Å². The number of nitrogens with one attached hydrogen (secondary N) is 1. The van der Waals surface area contributed by atoms with Crippen LogP contribution in [0.3, 0.4) is 0 Å². The molecular weight excluding hydrogens is 342 g/mol. The predicted octanol–water partition coefficient (Wildman–Crippen LogP) is 3.15. The minimum Gasteiger partial charge on any atom is -0.450 e. The third-order valence-corrected chi connectivity index (χ3v) is 4.53. The molecule has 2 amide bonds. The van der Waals surface area contributed by atoms with Crippen LogP contribution in [0.5, 0.6) is 0 Å². The molecule has 0 aliphatic carbocycles. The second-order valence-corrected chi connectivity index (χ2v) is 6.43. The van der Waals surface area contributed by atoms with Gasteiger partial charge in [0, 0.05) is 37.6 Å². The molecule has 1 heterocycles. The zero-order valence-corrected chi connectivity index (χ0v) is 15.6. The van der Waals surface area contributed by atoms with Crippen LogP contribution in [0.4, 0.5) is 16.2 Å². The van der Waals surface area contributed by atoms with Crippen molar-refractivity contribution < 1.29 is 14.3 Å². The van der Waals surface area contributed by atoms with Crippen LogP contribution in [0.1, 0.15) is 12.5 Å². The van der Waals surface area contributed by atoms with Gasteiger partial charge >= 0.3 is 6.09 Å². The fourth-order valence-corrected chi connectivity index (χ4v) is 3.10. The van der Waals surface area contributed by atoms with E-state index < -0.39 is 0 Å². The van der Waals surface area contributed by atoms with E-state index in [1.54, 1.807) is 4.90 Å². The van der Waals surface area contributed by atoms with Gasteiger partial charge in [-0.25, -0.2) is 4.79 Å². The number of piperazine rings is 1. The van der Waals surface area contributed by atoms with Gasteiger partial charge in [0.25, 0.3) is 0 Å². The smallest absolute Gasteiger partial charge is 0.409 e. The molecule has 1 aliphatic heterocycles. The van der Waals surface area contributed by atoms with Crippen molar-refractivity contribution in [1.29, 1.82) is 0 Å². The van der Waals surface area contributed by atoms with Crippen molar-refractivity contribution in [1.82, 2.24) is 4.90 Å². The van der Waals surface area contributed by atoms with Gasteiger partial charge in [-0.2, -0.15) is 0 Å². The molecule has 3 rings (SSSR count). The van der Waals surface area contributed by atoms with Crippen LogP contribution in [-0.4, -0.2) is 49.7 Å². The molecule has 27 heavy (non-hydrogen) atoms. The SMILES string of the molecule is CCOC(=O)N1CCN(c2ccc(NC(=O)Cc3ccccc3)cc2)CC1. The van der Waals surface area contributed by atoms with Crippen molar-refractivity contribution >= 4 is 23.4 Å². The average Bonchev–Trinajstić information content (AvgIpc) is 2.69. The van der Waals surface area contributed by atoms with E-state index in [0.717, 1.165) is 30.0 Å². The first kappa shape index (κ1) is 18.8. The lowest BCUT2D eigenvalue weighted by atomic mass is 10.1. The van der Waals surface area contributed by atoms with E-state index in [4.69, 9.17) is 4.74 Å². The van der Waals surface area contributed by atoms with E-state index in [0.29, 0.717) is 26.1 Å². The summed E-state index contributed by atoms with van der Waals surface area (Å²) in [7, 11) is 0. The van der Waals surface area contributed by atoms with Gasteiger partial charge in [0.05, 0.1) is 13.0 Å². The molecule has 142 valence electrons. The van der Waals surface area contributed by atoms with Crippen molar-refractivity contribution in [3.05, 3.63) is 60.2 Å². The fraction of sp³-hybridized carbons (Fsp3) is 0.333. The van der Waals surface area contributed by atoms with Gasteiger partial charge in [0.15, 0.2) is 0 Å². The number of nitrogens with zero attached hydrogens (tertiary/aromatic N) is 2. The van der Waals surface area contributed by atoms with Gasteiger partial charge < -0.3 is 19.9 Å². The van der Waals surface area contributed by atoms with Crippen LogP contribution in [0.25, 0.3) is 0 Å². The Morgan fingerprint density at radius 3 is 2.26 bits per heavy atom. The Kier molecular flexibility index (Phi) is 6.30. The maximum absolute atomic E-state index is 12.2. The highest BCUT2D eigenvalue weighted by Gasteiger charge is 2.22. The van der Waals surface area contributed by atoms with Gasteiger partial charge in [-0.15, -0.1) is 0 Å². The van der Waals surface area contributed by atoms with E-state index in [1.807, 2.05) is 61.5 Å². The number of hydrogen-bond donors (Lipinski definition) is 1. The largest absolute Gasteiger partial charge is 0.450 e. The van der Waals surface area contributed by atoms with Crippen LogP contribution in [0, 0.1) is 0 Å². The van der Waals surface area contributed by atoms with E-state index in [1.165, 1.54) is 0 Å². The molecule has 0 aromatic heterocycles. The Balaban J connectivity index is 1.50. The number of hydrogen-bond acceptors (Lipinski definition) is 4. The minimum absolute atomic E-state index is 0.0306. The van der Waals surface area contributed by atoms with Gasteiger partial charge in [-0.1, -0.05) is 30.3 Å². The number of carbonyl (C=O) groups excluding carboxylic acids is 2. The van der Waals surface area contributed by atoms with E-state index >= 15 is 0 Å². The normalized spacial score (nSPS) is 14.0. The summed E-state index contributed by atoms with van der Waals surface area (Å²) < 4.78 is 5.05. The van der Waals surface area contributed by atoms with Gasteiger partial charge in [-0.3, -0.25) is 4.79 Å². The molecular formula is C21H25N3O3. The van der Waals surface area contributed by atoms with Crippen molar-refractivity contribution in [2.45, 2.75) is 13.3 Å². The maximum atomic E-state index is 12.2. The molecule has 1 fully saturated rings. The number of carbonyl (C=O) groups is 2. The lowest BCUT2D eigenvalue weighted by Crippen LogP contribution is -2.49. The summed E-state index contributed by atoms with van der Waals surface area (Å²) in [6.07, 6.45) is 0.118. The van der Waals surface area contributed by atoms with Crippen molar-refractivity contribution in [3.63, 3.8) is 0 Å². The lowest BCUT2D eigenvalue weighted by molar-refractivity contribution is -0.115. The molecule has 1 aliphatic rings. The minimum atomic E-state index is -0.242. The molecule has 2 aromatic rings. The molecule has 6 nitrogen and oxygen atoms in total. The Morgan fingerprint density at radius 2 is 1.63 bits per heavy atom. The number of benzene rings is 2. The Morgan fingerprint density at radius 1 is 0.963 bits per heavy atom. The summed E-state index contributed by atoms with van der Waals surface area (Å²) in [5.74, 6) is -0.0306. The summed E-state index contributed by atoms with van der Waals surface area (Å²) in [5.41, 5.74) is 2.86. The molecule has 0 spiro atoms. The Labute approximate surface area is 159 Å². The molecule has 0 unspecified atom stereocenters. The van der Waals surface area contributed by atoms with E-state index in [9.17, 15) is 9.59 Å². The molecule has 0 atom stereocenters. The third-order valence-electron chi connectivity index (χ3n) is 4.53. The highest BCUT2D eigenvalue weighted by Crippen LogP contribution is 2.20. The van der Waals surface area contributed by atoms with Gasteiger partial charge in [-0.05, 0) is 36.8 Å². The van der Waals surface area contributed by atoms with Crippen LogP contribution >= 0.6 is 0 Å². The second-order valence-electron chi connectivity index (χ2n) is 6.43. The zero-order chi connectivity index (χ0) is 19.1. The molecule has 1 N–H and O–H groups in total. The maximum Gasteiger partial charge on any atom is 0.409 e. The van der Waals surface area contributed by atoms with Crippen molar-refractivity contribution in [2.75, 3.05) is 43.0 Å². The van der Waals surface area contributed by atoms with E-state index in [-0.39, 0.29) is 12.0 Å². The molecule has 0 radical (unpaired) electrons. The standard InChI is InChI=1S/C21H25N3O3/c1-2-27-21(26)24-14-12-23(13-15-24)19-10-8-18(9-11-19)22-20(25)16-17-6-4-3-5-7-17/h3-11H,2,12-16H2,1H3,(H,22,25). The summed E-state index contributed by atoms with van der Waals surface area (Å²) in [4.78, 5) is 27.9. The van der Waals surface area contributed by atoms with Crippen LogP contribution in [0.15, 0.2) is 54.6 Å². The topological polar surface area (TPSA) is 61.9 Å². The number of anilines is 2. The molecule has 0 bridgehead atoms. The Bertz CT molecular complexity index is 754.